The molecule has 0 atom stereocenters. The van der Waals surface area contributed by atoms with E-state index in [-0.39, 0.29) is 25.3 Å². The van der Waals surface area contributed by atoms with Crippen LogP contribution in [0.4, 0.5) is 0 Å². The van der Waals surface area contributed by atoms with Crippen molar-refractivity contribution < 1.29 is 19.2 Å². The van der Waals surface area contributed by atoms with E-state index >= 15 is 0 Å². The van der Waals surface area contributed by atoms with Gasteiger partial charge < -0.3 is 4.57 Å². The number of nitrogens with zero attached hydrogens (tertiary/aromatic N) is 2. The average Bonchev–Trinajstić information content (AvgIpc) is 3.32. The highest BCUT2D eigenvalue weighted by atomic mass is 16.2. The molecule has 3 aromatic rings. The minimum Gasteiger partial charge on any atom is -0.323 e. The van der Waals surface area contributed by atoms with Crippen LogP contribution in [0.1, 0.15) is 32.7 Å². The third-order valence-electron chi connectivity index (χ3n) is 5.04. The van der Waals surface area contributed by atoms with Gasteiger partial charge in [0.25, 0.3) is 11.8 Å². The summed E-state index contributed by atoms with van der Waals surface area (Å²) in [6.07, 6.45) is 3.63. The Kier molecular flexibility index (Phi) is 5.61. The van der Waals surface area contributed by atoms with E-state index < -0.39 is 17.7 Å². The van der Waals surface area contributed by atoms with E-state index in [2.05, 4.69) is 10.9 Å². The lowest BCUT2D eigenvalue weighted by atomic mass is 9.98. The number of imide groups is 1. The van der Waals surface area contributed by atoms with Crippen LogP contribution in [-0.4, -0.2) is 39.6 Å². The van der Waals surface area contributed by atoms with E-state index in [9.17, 15) is 19.2 Å². The average molecular weight is 416 g/mol. The lowest BCUT2D eigenvalue weighted by Gasteiger charge is -2.26. The largest absolute Gasteiger partial charge is 0.323 e. The lowest BCUT2D eigenvalue weighted by Crippen LogP contribution is -2.46. The number of hydrogen-bond donors (Lipinski definition) is 2. The molecule has 0 aliphatic carbocycles. The Morgan fingerprint density at radius 1 is 0.871 bits per heavy atom. The number of para-hydroxylation sites is 1. The number of carbonyl (C=O) groups excluding carboxylic acids is 4. The summed E-state index contributed by atoms with van der Waals surface area (Å²) < 4.78 is 1.79. The summed E-state index contributed by atoms with van der Waals surface area (Å²) in [6.45, 7) is -0.0618. The van der Waals surface area contributed by atoms with Gasteiger partial charge in [-0.15, -0.1) is 0 Å². The summed E-state index contributed by atoms with van der Waals surface area (Å²) in [6, 6.07) is 17.6. The highest BCUT2D eigenvalue weighted by Crippen LogP contribution is 2.19. The Morgan fingerprint density at radius 3 is 2.39 bits per heavy atom. The van der Waals surface area contributed by atoms with Crippen molar-refractivity contribution in [2.24, 2.45) is 0 Å². The SMILES string of the molecule is O=C(CCN1C(=O)Cc2ccccc2C1=O)NNC(=O)c1ccccc1-n1cccc1. The maximum Gasteiger partial charge on any atom is 0.271 e. The van der Waals surface area contributed by atoms with Gasteiger partial charge in [-0.1, -0.05) is 30.3 Å². The van der Waals surface area contributed by atoms with Crippen LogP contribution >= 0.6 is 0 Å². The predicted molar refractivity (Wildman–Crippen MR) is 112 cm³/mol. The van der Waals surface area contributed by atoms with Gasteiger partial charge in [-0.25, -0.2) is 0 Å². The number of hydrazine groups is 1. The monoisotopic (exact) mass is 416 g/mol. The molecule has 2 N–H and O–H groups in total. The zero-order chi connectivity index (χ0) is 21.8. The zero-order valence-corrected chi connectivity index (χ0v) is 16.6. The number of benzene rings is 2. The van der Waals surface area contributed by atoms with Gasteiger partial charge in [0.2, 0.25) is 11.8 Å². The van der Waals surface area contributed by atoms with Gasteiger partial charge in [-0.05, 0) is 35.9 Å². The molecule has 0 spiro atoms. The molecule has 4 rings (SSSR count). The second-order valence-corrected chi connectivity index (χ2v) is 7.04. The molecule has 2 heterocycles. The van der Waals surface area contributed by atoms with Gasteiger partial charge in [-0.3, -0.25) is 34.9 Å². The molecule has 156 valence electrons. The highest BCUT2D eigenvalue weighted by Gasteiger charge is 2.30. The molecule has 0 saturated carbocycles. The van der Waals surface area contributed by atoms with Crippen molar-refractivity contribution in [2.75, 3.05) is 6.54 Å². The standard InChI is InChI=1S/C23H20N4O4/c28-20(11-14-27-21(29)15-16-7-1-2-8-17(16)23(27)31)24-25-22(30)18-9-3-4-10-19(18)26-12-5-6-13-26/h1-10,12-13H,11,14-15H2,(H,24,28)(H,25,30). The van der Waals surface area contributed by atoms with Crippen LogP contribution in [0.25, 0.3) is 5.69 Å². The first-order chi connectivity index (χ1) is 15.0. The molecule has 0 radical (unpaired) electrons. The van der Waals surface area contributed by atoms with Crippen molar-refractivity contribution in [1.29, 1.82) is 0 Å². The quantitative estimate of drug-likeness (QED) is 0.490. The number of aromatic nitrogens is 1. The van der Waals surface area contributed by atoms with E-state index in [1.807, 2.05) is 30.6 Å². The second kappa shape index (κ2) is 8.66. The number of amides is 4. The maximum atomic E-state index is 12.6. The van der Waals surface area contributed by atoms with Gasteiger partial charge in [0.1, 0.15) is 0 Å². The topological polar surface area (TPSA) is 101 Å². The van der Waals surface area contributed by atoms with Crippen molar-refractivity contribution in [3.8, 4) is 5.69 Å². The minimum absolute atomic E-state index is 0.0618. The Hall–Kier alpha value is -4.20. The summed E-state index contributed by atoms with van der Waals surface area (Å²) in [5.41, 5.74) is 6.94. The van der Waals surface area contributed by atoms with Crippen molar-refractivity contribution in [3.05, 3.63) is 89.7 Å². The number of carbonyl (C=O) groups is 4. The predicted octanol–water partition coefficient (Wildman–Crippen LogP) is 1.85. The van der Waals surface area contributed by atoms with E-state index in [0.29, 0.717) is 22.4 Å². The van der Waals surface area contributed by atoms with Crippen LogP contribution in [0, 0.1) is 0 Å². The normalized spacial score (nSPS) is 13.0. The first-order valence-corrected chi connectivity index (χ1v) is 9.79. The maximum absolute atomic E-state index is 12.6. The molecule has 8 nitrogen and oxygen atoms in total. The first-order valence-electron chi connectivity index (χ1n) is 9.79. The smallest absolute Gasteiger partial charge is 0.271 e. The fourth-order valence-electron chi connectivity index (χ4n) is 3.48. The summed E-state index contributed by atoms with van der Waals surface area (Å²) >= 11 is 0. The molecule has 4 amide bonds. The zero-order valence-electron chi connectivity index (χ0n) is 16.6. The van der Waals surface area contributed by atoms with Crippen LogP contribution in [-0.2, 0) is 16.0 Å². The Morgan fingerprint density at radius 2 is 1.58 bits per heavy atom. The van der Waals surface area contributed by atoms with Gasteiger partial charge in [-0.2, -0.15) is 0 Å². The van der Waals surface area contributed by atoms with Crippen molar-refractivity contribution in [2.45, 2.75) is 12.8 Å². The van der Waals surface area contributed by atoms with Crippen molar-refractivity contribution in [1.82, 2.24) is 20.3 Å². The van der Waals surface area contributed by atoms with E-state index in [4.69, 9.17) is 0 Å². The third-order valence-corrected chi connectivity index (χ3v) is 5.04. The van der Waals surface area contributed by atoms with Gasteiger partial charge in [0.05, 0.1) is 17.7 Å². The Labute approximate surface area is 178 Å². The van der Waals surface area contributed by atoms with Crippen LogP contribution in [0.5, 0.6) is 0 Å². The number of nitrogens with one attached hydrogen (secondary N) is 2. The Bertz CT molecular complexity index is 1150. The molecule has 0 bridgehead atoms. The number of fused-ring (bicyclic) bond motifs is 1. The van der Waals surface area contributed by atoms with E-state index in [1.54, 1.807) is 47.0 Å². The van der Waals surface area contributed by atoms with E-state index in [0.717, 1.165) is 4.90 Å². The summed E-state index contributed by atoms with van der Waals surface area (Å²) in [4.78, 5) is 50.7. The van der Waals surface area contributed by atoms with Crippen molar-refractivity contribution >= 4 is 23.6 Å². The second-order valence-electron chi connectivity index (χ2n) is 7.04. The molecule has 8 heteroatoms. The van der Waals surface area contributed by atoms with Gasteiger partial charge >= 0.3 is 0 Å². The third kappa shape index (κ3) is 4.23. The number of hydrogen-bond acceptors (Lipinski definition) is 4. The lowest BCUT2D eigenvalue weighted by molar-refractivity contribution is -0.129. The molecule has 1 aliphatic rings. The molecule has 1 aromatic heterocycles. The summed E-state index contributed by atoms with van der Waals surface area (Å²) in [5, 5.41) is 0. The first kappa shape index (κ1) is 20.1. The number of rotatable bonds is 5. The molecule has 2 aromatic carbocycles. The molecule has 1 aliphatic heterocycles. The summed E-state index contributed by atoms with van der Waals surface area (Å²) in [5.74, 6) is -1.74. The molecular weight excluding hydrogens is 396 g/mol. The minimum atomic E-state index is -0.508. The molecular formula is C23H20N4O4. The summed E-state index contributed by atoms with van der Waals surface area (Å²) in [7, 11) is 0. The Balaban J connectivity index is 1.34. The van der Waals surface area contributed by atoms with Crippen molar-refractivity contribution in [3.63, 3.8) is 0 Å². The highest BCUT2D eigenvalue weighted by molar-refractivity contribution is 6.09. The van der Waals surface area contributed by atoms with Crippen LogP contribution < -0.4 is 10.9 Å². The van der Waals surface area contributed by atoms with Gasteiger partial charge in [0, 0.05) is 30.9 Å². The van der Waals surface area contributed by atoms with Gasteiger partial charge in [0.15, 0.2) is 0 Å². The fourth-order valence-corrected chi connectivity index (χ4v) is 3.48. The van der Waals surface area contributed by atoms with Crippen LogP contribution in [0.2, 0.25) is 0 Å². The van der Waals surface area contributed by atoms with Crippen LogP contribution in [0.15, 0.2) is 73.1 Å². The molecule has 0 unspecified atom stereocenters. The fraction of sp³-hybridized carbons (Fsp3) is 0.130. The van der Waals surface area contributed by atoms with Crippen LogP contribution in [0.3, 0.4) is 0 Å². The molecule has 0 saturated heterocycles. The molecule has 31 heavy (non-hydrogen) atoms. The molecule has 0 fully saturated rings. The van der Waals surface area contributed by atoms with E-state index in [1.165, 1.54) is 0 Å².